The first kappa shape index (κ1) is 16.0. The van der Waals surface area contributed by atoms with Gasteiger partial charge in [-0.1, -0.05) is 26.8 Å². The van der Waals surface area contributed by atoms with Crippen LogP contribution in [0.1, 0.15) is 36.9 Å². The molecule has 0 spiro atoms. The van der Waals surface area contributed by atoms with Crippen LogP contribution in [-0.4, -0.2) is 16.1 Å². The maximum absolute atomic E-state index is 11.8. The van der Waals surface area contributed by atoms with Crippen LogP contribution in [0.25, 0.3) is 0 Å². The molecular weight excluding hydrogens is 300 g/mol. The molecule has 0 radical (unpaired) electrons. The van der Waals surface area contributed by atoms with E-state index in [-0.39, 0.29) is 22.0 Å². The minimum Gasteiger partial charge on any atom is -0.506 e. The molecule has 5 nitrogen and oxygen atoms in total. The zero-order valence-corrected chi connectivity index (χ0v) is 13.5. The molecule has 3 N–H and O–H groups in total. The summed E-state index contributed by atoms with van der Waals surface area (Å²) in [6.07, 6.45) is 1.41. The van der Waals surface area contributed by atoms with E-state index in [9.17, 15) is 9.90 Å². The first-order chi connectivity index (χ1) is 10.3. The van der Waals surface area contributed by atoms with E-state index >= 15 is 0 Å². The molecular formula is C16H18N2O3S. The quantitative estimate of drug-likeness (QED) is 0.584. The topological polar surface area (TPSA) is 74.5 Å². The second kappa shape index (κ2) is 6.19. The van der Waals surface area contributed by atoms with Crippen LogP contribution in [0.15, 0.2) is 41.0 Å². The van der Waals surface area contributed by atoms with Crippen LogP contribution >= 0.6 is 12.2 Å². The molecule has 0 saturated heterocycles. The minimum absolute atomic E-state index is 0.0580. The molecule has 0 saturated carbocycles. The molecule has 1 heterocycles. The molecule has 0 bridgehead atoms. The van der Waals surface area contributed by atoms with Crippen molar-refractivity contribution in [3.63, 3.8) is 0 Å². The zero-order chi connectivity index (χ0) is 16.3. The van der Waals surface area contributed by atoms with Crippen molar-refractivity contribution in [3.8, 4) is 5.75 Å². The summed E-state index contributed by atoms with van der Waals surface area (Å²) < 4.78 is 4.99. The molecule has 0 fully saturated rings. The van der Waals surface area contributed by atoms with Gasteiger partial charge in [-0.05, 0) is 47.5 Å². The molecule has 0 aliphatic carbocycles. The first-order valence-electron chi connectivity index (χ1n) is 6.77. The number of amides is 1. The fourth-order valence-corrected chi connectivity index (χ4v) is 2.03. The Balaban J connectivity index is 2.10. The van der Waals surface area contributed by atoms with Gasteiger partial charge in [0.05, 0.1) is 12.0 Å². The Morgan fingerprint density at radius 2 is 2.00 bits per heavy atom. The van der Waals surface area contributed by atoms with Crippen LogP contribution in [0.3, 0.4) is 0 Å². The predicted octanol–water partition coefficient (Wildman–Crippen LogP) is 3.41. The number of furan rings is 1. The third-order valence-corrected chi connectivity index (χ3v) is 3.29. The van der Waals surface area contributed by atoms with Gasteiger partial charge in [-0.15, -0.1) is 0 Å². The van der Waals surface area contributed by atoms with E-state index in [0.717, 1.165) is 5.56 Å². The number of aromatic hydroxyl groups is 1. The Morgan fingerprint density at radius 3 is 2.59 bits per heavy atom. The first-order valence-corrected chi connectivity index (χ1v) is 7.17. The summed E-state index contributed by atoms with van der Waals surface area (Å²) >= 11 is 5.09. The maximum Gasteiger partial charge on any atom is 0.293 e. The van der Waals surface area contributed by atoms with Crippen molar-refractivity contribution in [2.75, 3.05) is 5.32 Å². The third kappa shape index (κ3) is 3.85. The highest BCUT2D eigenvalue weighted by Crippen LogP contribution is 2.30. The Labute approximate surface area is 134 Å². The zero-order valence-electron chi connectivity index (χ0n) is 12.6. The van der Waals surface area contributed by atoms with Crippen LogP contribution in [0.5, 0.6) is 5.75 Å². The van der Waals surface area contributed by atoms with Gasteiger partial charge in [0.25, 0.3) is 5.91 Å². The van der Waals surface area contributed by atoms with E-state index in [1.807, 2.05) is 6.07 Å². The number of phenols is 1. The highest BCUT2D eigenvalue weighted by atomic mass is 32.1. The summed E-state index contributed by atoms with van der Waals surface area (Å²) in [5.41, 5.74) is 1.41. The summed E-state index contributed by atoms with van der Waals surface area (Å²) in [4.78, 5) is 11.8. The van der Waals surface area contributed by atoms with Crippen LogP contribution in [-0.2, 0) is 5.41 Å². The van der Waals surface area contributed by atoms with Crippen molar-refractivity contribution in [2.45, 2.75) is 26.2 Å². The molecule has 0 atom stereocenters. The van der Waals surface area contributed by atoms with Crippen molar-refractivity contribution in [1.82, 2.24) is 5.32 Å². The van der Waals surface area contributed by atoms with E-state index in [1.165, 1.54) is 12.3 Å². The lowest BCUT2D eigenvalue weighted by atomic mass is 9.87. The van der Waals surface area contributed by atoms with Crippen molar-refractivity contribution in [3.05, 3.63) is 47.9 Å². The van der Waals surface area contributed by atoms with Crippen molar-refractivity contribution in [1.29, 1.82) is 0 Å². The smallest absolute Gasteiger partial charge is 0.293 e. The van der Waals surface area contributed by atoms with Crippen molar-refractivity contribution >= 4 is 28.9 Å². The number of carbonyl (C=O) groups excluding carboxylic acids is 1. The van der Waals surface area contributed by atoms with Gasteiger partial charge in [0.2, 0.25) is 0 Å². The van der Waals surface area contributed by atoms with Gasteiger partial charge in [0, 0.05) is 0 Å². The van der Waals surface area contributed by atoms with Crippen LogP contribution in [0, 0.1) is 0 Å². The molecule has 116 valence electrons. The van der Waals surface area contributed by atoms with E-state index in [0.29, 0.717) is 5.69 Å². The number of benzene rings is 1. The summed E-state index contributed by atoms with van der Waals surface area (Å²) in [6.45, 7) is 6.21. The molecule has 1 aromatic carbocycles. The maximum atomic E-state index is 11.8. The Kier molecular flexibility index (Phi) is 4.51. The van der Waals surface area contributed by atoms with E-state index in [2.05, 4.69) is 31.4 Å². The molecule has 0 aliphatic rings. The molecule has 1 amide bonds. The predicted molar refractivity (Wildman–Crippen MR) is 89.2 cm³/mol. The molecule has 0 unspecified atom stereocenters. The SMILES string of the molecule is CC(C)(C)c1ccc(O)c(NC(=S)NC(=O)c2ccco2)c1. The fourth-order valence-electron chi connectivity index (χ4n) is 1.83. The molecule has 6 heteroatoms. The summed E-state index contributed by atoms with van der Waals surface area (Å²) in [5, 5.41) is 15.3. The number of anilines is 1. The van der Waals surface area contributed by atoms with Gasteiger partial charge >= 0.3 is 0 Å². The standard InChI is InChI=1S/C16H18N2O3S/c1-16(2,3)10-6-7-12(19)11(9-10)17-15(22)18-14(20)13-5-4-8-21-13/h4-9,19H,1-3H3,(H2,17,18,20,22). The summed E-state index contributed by atoms with van der Waals surface area (Å²) in [6, 6.07) is 8.41. The van der Waals surface area contributed by atoms with Gasteiger partial charge in [-0.3, -0.25) is 10.1 Å². The second-order valence-corrected chi connectivity index (χ2v) is 6.28. The number of carbonyl (C=O) groups is 1. The molecule has 2 rings (SSSR count). The lowest BCUT2D eigenvalue weighted by Gasteiger charge is -2.20. The number of nitrogens with one attached hydrogen (secondary N) is 2. The minimum atomic E-state index is -0.450. The Hall–Kier alpha value is -2.34. The Morgan fingerprint density at radius 1 is 1.27 bits per heavy atom. The summed E-state index contributed by atoms with van der Waals surface area (Å²) in [5.74, 6) is -0.228. The number of rotatable bonds is 2. The lowest BCUT2D eigenvalue weighted by Crippen LogP contribution is -2.34. The van der Waals surface area contributed by atoms with Gasteiger partial charge < -0.3 is 14.8 Å². The highest BCUT2D eigenvalue weighted by molar-refractivity contribution is 7.80. The molecule has 0 aliphatic heterocycles. The number of hydrogen-bond donors (Lipinski definition) is 3. The number of hydrogen-bond acceptors (Lipinski definition) is 4. The van der Waals surface area contributed by atoms with Crippen molar-refractivity contribution in [2.24, 2.45) is 0 Å². The molecule has 2 aromatic rings. The number of phenolic OH excluding ortho intramolecular Hbond substituents is 1. The third-order valence-electron chi connectivity index (χ3n) is 3.08. The van der Waals surface area contributed by atoms with Crippen molar-refractivity contribution < 1.29 is 14.3 Å². The van der Waals surface area contributed by atoms with E-state index in [4.69, 9.17) is 16.6 Å². The monoisotopic (exact) mass is 318 g/mol. The largest absolute Gasteiger partial charge is 0.506 e. The number of thiocarbonyl (C=S) groups is 1. The lowest BCUT2D eigenvalue weighted by molar-refractivity contribution is 0.0950. The van der Waals surface area contributed by atoms with Gasteiger partial charge in [0.15, 0.2) is 10.9 Å². The van der Waals surface area contributed by atoms with Crippen LogP contribution in [0.2, 0.25) is 0 Å². The Bertz CT molecular complexity index is 688. The van der Waals surface area contributed by atoms with Gasteiger partial charge in [0.1, 0.15) is 5.75 Å². The normalized spacial score (nSPS) is 11.0. The average Bonchev–Trinajstić information content (AvgIpc) is 2.94. The van der Waals surface area contributed by atoms with Gasteiger partial charge in [-0.2, -0.15) is 0 Å². The highest BCUT2D eigenvalue weighted by Gasteiger charge is 2.16. The van der Waals surface area contributed by atoms with Crippen LogP contribution < -0.4 is 10.6 Å². The second-order valence-electron chi connectivity index (χ2n) is 5.87. The van der Waals surface area contributed by atoms with Crippen LogP contribution in [0.4, 0.5) is 5.69 Å². The molecule has 22 heavy (non-hydrogen) atoms. The van der Waals surface area contributed by atoms with E-state index < -0.39 is 5.91 Å². The average molecular weight is 318 g/mol. The summed E-state index contributed by atoms with van der Waals surface area (Å²) in [7, 11) is 0. The fraction of sp³-hybridized carbons (Fsp3) is 0.250. The van der Waals surface area contributed by atoms with E-state index in [1.54, 1.807) is 18.2 Å². The molecule has 1 aromatic heterocycles. The van der Waals surface area contributed by atoms with Gasteiger partial charge in [-0.25, -0.2) is 0 Å².